The Balaban J connectivity index is 1.09. The van der Waals surface area contributed by atoms with Gasteiger partial charge in [0, 0.05) is 70.6 Å². The standard InChI is InChI=1S/C62H41N5S/c1-2-20-48(42-23-10-4-11-24-42)51(35-41-21-8-3-9-22-41)46-36-54(62-65-60(43-25-12-5-13-26-43)64-61(66-62)44-27-14-6-15-28-44)59(63-40-46)45-33-34-50-53-38-52-49-31-18-19-32-55(49)67(47-29-16-7-17-30-47)56(52)39-58(53)68-57(50)37-45/h2-40H,1H2/b48-20-,51-35-. The monoisotopic (exact) mass is 887 g/mol. The normalized spacial score (nSPS) is 12.1. The Labute approximate surface area is 398 Å². The molecule has 0 aliphatic heterocycles. The number of nitrogens with zero attached hydrogens (tertiary/aromatic N) is 5. The SMILES string of the molecule is C=C/C=C(\C(=C/c1ccccc1)c1cnc(-c2ccc3c(c2)sc2cc4c(cc23)c2ccccc2n4-c2ccccc2)c(-c2nc(-c3ccccc3)nc(-c3ccccc3)n2)c1)c1ccccc1. The maximum atomic E-state index is 5.41. The van der Waals surface area contributed by atoms with Crippen molar-refractivity contribution in [2.75, 3.05) is 0 Å². The molecule has 0 fully saturated rings. The number of hydrogen-bond acceptors (Lipinski definition) is 5. The average Bonchev–Trinajstić information content (AvgIpc) is 3.94. The Morgan fingerprint density at radius 2 is 1.06 bits per heavy atom. The third-order valence-corrected chi connectivity index (χ3v) is 13.6. The molecule has 0 radical (unpaired) electrons. The molecule has 5 nitrogen and oxygen atoms in total. The Bertz CT molecular complexity index is 3840. The van der Waals surface area contributed by atoms with Crippen molar-refractivity contribution < 1.29 is 0 Å². The molecule has 68 heavy (non-hydrogen) atoms. The van der Waals surface area contributed by atoms with E-state index in [1.165, 1.54) is 42.0 Å². The van der Waals surface area contributed by atoms with Gasteiger partial charge < -0.3 is 4.57 Å². The zero-order chi connectivity index (χ0) is 45.4. The molecular weight excluding hydrogens is 847 g/mol. The summed E-state index contributed by atoms with van der Waals surface area (Å²) in [5.74, 6) is 1.70. The van der Waals surface area contributed by atoms with E-state index in [1.54, 1.807) is 0 Å². The first-order chi connectivity index (χ1) is 33.7. The molecule has 0 amide bonds. The molecule has 4 heterocycles. The molecule has 0 saturated carbocycles. The van der Waals surface area contributed by atoms with Crippen LogP contribution in [0, 0.1) is 0 Å². The van der Waals surface area contributed by atoms with Gasteiger partial charge in [-0.15, -0.1) is 11.3 Å². The number of benzene rings is 8. The van der Waals surface area contributed by atoms with Gasteiger partial charge in [-0.05, 0) is 70.8 Å². The molecule has 0 unspecified atom stereocenters. The van der Waals surface area contributed by atoms with Gasteiger partial charge in [0.1, 0.15) is 0 Å². The van der Waals surface area contributed by atoms with E-state index in [0.717, 1.165) is 61.5 Å². The number of rotatable bonds is 10. The number of hydrogen-bond donors (Lipinski definition) is 0. The van der Waals surface area contributed by atoms with Gasteiger partial charge in [0.15, 0.2) is 17.5 Å². The van der Waals surface area contributed by atoms with E-state index in [1.807, 2.05) is 96.4 Å². The lowest BCUT2D eigenvalue weighted by Crippen LogP contribution is -2.03. The van der Waals surface area contributed by atoms with Crippen molar-refractivity contribution >= 4 is 70.5 Å². The Morgan fingerprint density at radius 3 is 1.75 bits per heavy atom. The zero-order valence-corrected chi connectivity index (χ0v) is 37.7. The largest absolute Gasteiger partial charge is 0.309 e. The van der Waals surface area contributed by atoms with Gasteiger partial charge in [0.2, 0.25) is 0 Å². The number of aromatic nitrogens is 5. The van der Waals surface area contributed by atoms with Gasteiger partial charge in [-0.2, -0.15) is 0 Å². The molecule has 12 aromatic rings. The topological polar surface area (TPSA) is 56.5 Å². The lowest BCUT2D eigenvalue weighted by molar-refractivity contribution is 1.07. The summed E-state index contributed by atoms with van der Waals surface area (Å²) in [7, 11) is 0. The minimum absolute atomic E-state index is 0.530. The fourth-order valence-electron chi connectivity index (χ4n) is 9.29. The summed E-state index contributed by atoms with van der Waals surface area (Å²) in [4.78, 5) is 21.0. The van der Waals surface area contributed by atoms with Gasteiger partial charge in [-0.25, -0.2) is 15.0 Å². The minimum atomic E-state index is 0.530. The fraction of sp³-hybridized carbons (Fsp3) is 0. The lowest BCUT2D eigenvalue weighted by atomic mass is 9.89. The van der Waals surface area contributed by atoms with Gasteiger partial charge in [-0.1, -0.05) is 189 Å². The predicted molar refractivity (Wildman–Crippen MR) is 286 cm³/mol. The summed E-state index contributed by atoms with van der Waals surface area (Å²) in [6.07, 6.45) is 8.13. The second kappa shape index (κ2) is 17.5. The van der Waals surface area contributed by atoms with Crippen molar-refractivity contribution in [1.82, 2.24) is 24.5 Å². The smallest absolute Gasteiger partial charge is 0.166 e. The van der Waals surface area contributed by atoms with Crippen LogP contribution >= 0.6 is 11.3 Å². The second-order valence-electron chi connectivity index (χ2n) is 16.7. The summed E-state index contributed by atoms with van der Waals surface area (Å²) < 4.78 is 4.78. The van der Waals surface area contributed by atoms with Crippen molar-refractivity contribution in [3.05, 3.63) is 254 Å². The first kappa shape index (κ1) is 40.7. The Morgan fingerprint density at radius 1 is 0.456 bits per heavy atom. The molecule has 320 valence electrons. The maximum absolute atomic E-state index is 5.41. The zero-order valence-electron chi connectivity index (χ0n) is 36.9. The maximum Gasteiger partial charge on any atom is 0.166 e. The summed E-state index contributed by atoms with van der Waals surface area (Å²) in [6.45, 7) is 4.14. The van der Waals surface area contributed by atoms with Crippen LogP contribution in [0.4, 0.5) is 0 Å². The van der Waals surface area contributed by atoms with Crippen LogP contribution in [0.1, 0.15) is 16.7 Å². The molecule has 0 aliphatic rings. The van der Waals surface area contributed by atoms with E-state index in [2.05, 4.69) is 163 Å². The van der Waals surface area contributed by atoms with E-state index in [-0.39, 0.29) is 0 Å². The van der Waals surface area contributed by atoms with Gasteiger partial charge >= 0.3 is 0 Å². The van der Waals surface area contributed by atoms with Crippen molar-refractivity contribution in [1.29, 1.82) is 0 Å². The lowest BCUT2D eigenvalue weighted by Gasteiger charge is -2.17. The van der Waals surface area contributed by atoms with E-state index >= 15 is 0 Å². The Hall–Kier alpha value is -8.84. The van der Waals surface area contributed by atoms with Crippen LogP contribution in [0.3, 0.4) is 0 Å². The molecule has 4 aromatic heterocycles. The molecule has 6 heteroatoms. The van der Waals surface area contributed by atoms with E-state index < -0.39 is 0 Å². The molecule has 0 saturated heterocycles. The van der Waals surface area contributed by atoms with Crippen molar-refractivity contribution in [2.24, 2.45) is 0 Å². The number of allylic oxidation sites excluding steroid dienone is 4. The van der Waals surface area contributed by atoms with Crippen molar-refractivity contribution in [3.63, 3.8) is 0 Å². The van der Waals surface area contributed by atoms with Crippen molar-refractivity contribution in [2.45, 2.75) is 0 Å². The molecule has 12 rings (SSSR count). The highest BCUT2D eigenvalue weighted by molar-refractivity contribution is 7.26. The van der Waals surface area contributed by atoms with Crippen LogP contribution < -0.4 is 0 Å². The van der Waals surface area contributed by atoms with Gasteiger partial charge in [0.25, 0.3) is 0 Å². The quantitative estimate of drug-likeness (QED) is 0.128. The number of pyridine rings is 1. The molecule has 0 aliphatic carbocycles. The predicted octanol–water partition coefficient (Wildman–Crippen LogP) is 16.2. The minimum Gasteiger partial charge on any atom is -0.309 e. The van der Waals surface area contributed by atoms with Crippen LogP contribution in [0.15, 0.2) is 237 Å². The molecule has 0 bridgehead atoms. The third-order valence-electron chi connectivity index (χ3n) is 12.5. The third kappa shape index (κ3) is 7.49. The second-order valence-corrected chi connectivity index (χ2v) is 17.8. The van der Waals surface area contributed by atoms with Crippen LogP contribution in [-0.2, 0) is 0 Å². The first-order valence-corrected chi connectivity index (χ1v) is 23.5. The number of fused-ring (bicyclic) bond motifs is 6. The summed E-state index contributed by atoms with van der Waals surface area (Å²) >= 11 is 1.81. The average molecular weight is 888 g/mol. The van der Waals surface area contributed by atoms with Crippen molar-refractivity contribution in [3.8, 4) is 51.1 Å². The number of thiophene rings is 1. The number of para-hydroxylation sites is 2. The van der Waals surface area contributed by atoms with E-state index in [0.29, 0.717) is 17.5 Å². The highest BCUT2D eigenvalue weighted by Gasteiger charge is 2.22. The molecule has 8 aromatic carbocycles. The molecule has 0 atom stereocenters. The first-order valence-electron chi connectivity index (χ1n) is 22.6. The highest BCUT2D eigenvalue weighted by atomic mass is 32.1. The van der Waals surface area contributed by atoms with Crippen LogP contribution in [0.5, 0.6) is 0 Å². The van der Waals surface area contributed by atoms with Crippen LogP contribution in [-0.4, -0.2) is 24.5 Å². The summed E-state index contributed by atoms with van der Waals surface area (Å²) in [5, 5.41) is 4.91. The van der Waals surface area contributed by atoms with E-state index in [4.69, 9.17) is 19.9 Å². The van der Waals surface area contributed by atoms with E-state index in [9.17, 15) is 0 Å². The van der Waals surface area contributed by atoms with Crippen LogP contribution in [0.2, 0.25) is 0 Å². The van der Waals surface area contributed by atoms with Crippen LogP contribution in [0.25, 0.3) is 110 Å². The summed E-state index contributed by atoms with van der Waals surface area (Å²) in [6, 6.07) is 74.1. The van der Waals surface area contributed by atoms with Gasteiger partial charge in [-0.3, -0.25) is 4.98 Å². The van der Waals surface area contributed by atoms with Gasteiger partial charge in [0.05, 0.1) is 16.7 Å². The highest BCUT2D eigenvalue weighted by Crippen LogP contribution is 2.44. The fourth-order valence-corrected chi connectivity index (χ4v) is 10.5. The summed E-state index contributed by atoms with van der Waals surface area (Å²) in [5.41, 5.74) is 12.9. The molecule has 0 N–H and O–H groups in total. The molecule has 0 spiro atoms. The molecular formula is C62H41N5S. The Kier molecular flexibility index (Phi) is 10.5.